The minimum Gasteiger partial charge on any atom is -0.481 e. The third-order valence-electron chi connectivity index (χ3n) is 4.21. The number of nitrogens with zero attached hydrogens (tertiary/aromatic N) is 1. The van der Waals surface area contributed by atoms with Crippen LogP contribution in [0.25, 0.3) is 0 Å². The Hall–Kier alpha value is -0.690. The Labute approximate surface area is 113 Å². The fourth-order valence-corrected chi connectivity index (χ4v) is 3.01. The van der Waals surface area contributed by atoms with Gasteiger partial charge in [0.15, 0.2) is 0 Å². The molecule has 2 rings (SSSR count). The van der Waals surface area contributed by atoms with E-state index in [4.69, 9.17) is 14.9 Å². The van der Waals surface area contributed by atoms with E-state index in [2.05, 4.69) is 4.90 Å². The summed E-state index contributed by atoms with van der Waals surface area (Å²) in [6.07, 6.45) is 1.97. The zero-order valence-electron chi connectivity index (χ0n) is 11.1. The Bertz CT molecular complexity index is 314. The summed E-state index contributed by atoms with van der Waals surface area (Å²) in [5.41, 5.74) is -0.788. The predicted molar refractivity (Wildman–Crippen MR) is 67.8 cm³/mol. The summed E-state index contributed by atoms with van der Waals surface area (Å²) >= 11 is 0. The lowest BCUT2D eigenvalue weighted by Gasteiger charge is -2.41. The van der Waals surface area contributed by atoms with E-state index >= 15 is 0 Å². The summed E-state index contributed by atoms with van der Waals surface area (Å²) in [5.74, 6) is -1.07. The van der Waals surface area contributed by atoms with Crippen molar-refractivity contribution in [3.8, 4) is 0 Å². The van der Waals surface area contributed by atoms with Crippen LogP contribution in [-0.2, 0) is 9.53 Å². The molecule has 0 bridgehead atoms. The average molecular weight is 273 g/mol. The van der Waals surface area contributed by atoms with Crippen LogP contribution in [0, 0.1) is 5.92 Å². The van der Waals surface area contributed by atoms with Crippen LogP contribution in [0.1, 0.15) is 25.7 Å². The maximum Gasteiger partial charge on any atom is 0.306 e. The Kier molecular flexibility index (Phi) is 4.78. The van der Waals surface area contributed by atoms with Crippen LogP contribution >= 0.6 is 0 Å². The minimum absolute atomic E-state index is 0.00395. The number of carboxylic acids is 1. The van der Waals surface area contributed by atoms with Crippen molar-refractivity contribution in [2.45, 2.75) is 37.4 Å². The van der Waals surface area contributed by atoms with E-state index in [1.54, 1.807) is 0 Å². The van der Waals surface area contributed by atoms with Crippen molar-refractivity contribution in [1.82, 2.24) is 4.90 Å². The number of aliphatic hydroxyl groups excluding tert-OH is 1. The lowest BCUT2D eigenvalue weighted by atomic mass is 9.78. The molecule has 1 aliphatic heterocycles. The highest BCUT2D eigenvalue weighted by Crippen LogP contribution is 2.33. The standard InChI is InChI=1S/C13H23NO5/c15-8-11-7-14(5-6-19-11)9-13(18)3-1-10(2-4-13)12(16)17/h10-11,15,18H,1-9H2,(H,16,17). The van der Waals surface area contributed by atoms with Crippen molar-refractivity contribution in [3.05, 3.63) is 0 Å². The average Bonchev–Trinajstić information content (AvgIpc) is 2.39. The molecule has 2 fully saturated rings. The van der Waals surface area contributed by atoms with E-state index in [-0.39, 0.29) is 18.6 Å². The van der Waals surface area contributed by atoms with Gasteiger partial charge in [0.2, 0.25) is 0 Å². The number of carbonyl (C=O) groups is 1. The van der Waals surface area contributed by atoms with Gasteiger partial charge in [-0.25, -0.2) is 0 Å². The molecule has 110 valence electrons. The highest BCUT2D eigenvalue weighted by atomic mass is 16.5. The number of aliphatic hydroxyl groups is 2. The van der Waals surface area contributed by atoms with E-state index < -0.39 is 11.6 Å². The van der Waals surface area contributed by atoms with Crippen molar-refractivity contribution in [3.63, 3.8) is 0 Å². The molecule has 1 unspecified atom stereocenters. The minimum atomic E-state index is -0.788. The Morgan fingerprint density at radius 1 is 1.37 bits per heavy atom. The van der Waals surface area contributed by atoms with Crippen LogP contribution in [0.4, 0.5) is 0 Å². The monoisotopic (exact) mass is 273 g/mol. The van der Waals surface area contributed by atoms with Crippen molar-refractivity contribution in [1.29, 1.82) is 0 Å². The summed E-state index contributed by atoms with van der Waals surface area (Å²) in [6, 6.07) is 0. The van der Waals surface area contributed by atoms with E-state index in [9.17, 15) is 9.90 Å². The van der Waals surface area contributed by atoms with Gasteiger partial charge in [0.05, 0.1) is 30.8 Å². The fourth-order valence-electron chi connectivity index (χ4n) is 3.01. The number of β-amino-alcohol motifs (C(OH)–C–C–N with tert-alkyl or cyclic N) is 1. The highest BCUT2D eigenvalue weighted by molar-refractivity contribution is 5.70. The Morgan fingerprint density at radius 3 is 2.63 bits per heavy atom. The normalized spacial score (nSPS) is 37.2. The van der Waals surface area contributed by atoms with Gasteiger partial charge >= 0.3 is 5.97 Å². The SMILES string of the molecule is O=C(O)C1CCC(O)(CN2CCOC(CO)C2)CC1. The van der Waals surface area contributed by atoms with E-state index in [0.29, 0.717) is 45.4 Å². The smallest absolute Gasteiger partial charge is 0.306 e. The number of ether oxygens (including phenoxy) is 1. The first-order valence-electron chi connectivity index (χ1n) is 6.92. The summed E-state index contributed by atoms with van der Waals surface area (Å²) in [6.45, 7) is 2.48. The van der Waals surface area contributed by atoms with Crippen LogP contribution in [-0.4, -0.2) is 70.7 Å². The molecular weight excluding hydrogens is 250 g/mol. The van der Waals surface area contributed by atoms with Crippen molar-refractivity contribution >= 4 is 5.97 Å². The molecule has 1 atom stereocenters. The van der Waals surface area contributed by atoms with Crippen LogP contribution in [0.5, 0.6) is 0 Å². The molecule has 1 heterocycles. The quantitative estimate of drug-likeness (QED) is 0.651. The largest absolute Gasteiger partial charge is 0.481 e. The molecule has 1 saturated heterocycles. The zero-order valence-corrected chi connectivity index (χ0v) is 11.1. The van der Waals surface area contributed by atoms with Gasteiger partial charge in [-0.2, -0.15) is 0 Å². The van der Waals surface area contributed by atoms with Gasteiger partial charge < -0.3 is 20.1 Å². The van der Waals surface area contributed by atoms with Gasteiger partial charge in [-0.3, -0.25) is 9.69 Å². The van der Waals surface area contributed by atoms with Crippen molar-refractivity contribution < 1.29 is 24.9 Å². The molecule has 0 amide bonds. The zero-order chi connectivity index (χ0) is 13.9. The summed E-state index contributed by atoms with van der Waals surface area (Å²) in [7, 11) is 0. The first-order chi connectivity index (χ1) is 9.02. The van der Waals surface area contributed by atoms with E-state index in [1.165, 1.54) is 0 Å². The third kappa shape index (κ3) is 3.89. The molecule has 6 nitrogen and oxygen atoms in total. The Balaban J connectivity index is 1.83. The van der Waals surface area contributed by atoms with Crippen LogP contribution < -0.4 is 0 Å². The fraction of sp³-hybridized carbons (Fsp3) is 0.923. The van der Waals surface area contributed by atoms with Crippen LogP contribution in [0.2, 0.25) is 0 Å². The molecule has 3 N–H and O–H groups in total. The topological polar surface area (TPSA) is 90.2 Å². The third-order valence-corrected chi connectivity index (χ3v) is 4.21. The molecular formula is C13H23NO5. The second-order valence-corrected chi connectivity index (χ2v) is 5.75. The number of rotatable bonds is 4. The van der Waals surface area contributed by atoms with Gasteiger partial charge in [0.25, 0.3) is 0 Å². The highest BCUT2D eigenvalue weighted by Gasteiger charge is 2.37. The lowest BCUT2D eigenvalue weighted by Crippen LogP contribution is -2.52. The lowest BCUT2D eigenvalue weighted by molar-refractivity contribution is -0.145. The first-order valence-corrected chi connectivity index (χ1v) is 6.92. The number of carboxylic acid groups (broad SMARTS) is 1. The number of hydrogen-bond acceptors (Lipinski definition) is 5. The van der Waals surface area contributed by atoms with Gasteiger partial charge in [-0.15, -0.1) is 0 Å². The van der Waals surface area contributed by atoms with Crippen molar-refractivity contribution in [2.24, 2.45) is 5.92 Å². The number of morpholine rings is 1. The maximum atomic E-state index is 10.9. The van der Waals surface area contributed by atoms with Crippen molar-refractivity contribution in [2.75, 3.05) is 32.8 Å². The van der Waals surface area contributed by atoms with Gasteiger partial charge in [0, 0.05) is 19.6 Å². The second kappa shape index (κ2) is 6.17. The molecule has 19 heavy (non-hydrogen) atoms. The molecule has 1 aliphatic carbocycles. The number of hydrogen-bond donors (Lipinski definition) is 3. The maximum absolute atomic E-state index is 10.9. The summed E-state index contributed by atoms with van der Waals surface area (Å²) in [5, 5.41) is 28.6. The molecule has 6 heteroatoms. The second-order valence-electron chi connectivity index (χ2n) is 5.75. The molecule has 0 radical (unpaired) electrons. The Morgan fingerprint density at radius 2 is 2.05 bits per heavy atom. The first kappa shape index (κ1) is 14.7. The predicted octanol–water partition coefficient (Wildman–Crippen LogP) is -0.315. The van der Waals surface area contributed by atoms with Crippen LogP contribution in [0.15, 0.2) is 0 Å². The summed E-state index contributed by atoms with van der Waals surface area (Å²) in [4.78, 5) is 13.0. The van der Waals surface area contributed by atoms with Gasteiger partial charge in [0.1, 0.15) is 0 Å². The molecule has 0 aromatic heterocycles. The van der Waals surface area contributed by atoms with Crippen LogP contribution in [0.3, 0.4) is 0 Å². The van der Waals surface area contributed by atoms with E-state index in [0.717, 1.165) is 6.54 Å². The molecule has 0 aromatic carbocycles. The molecule has 1 saturated carbocycles. The molecule has 0 spiro atoms. The number of aliphatic carboxylic acids is 1. The van der Waals surface area contributed by atoms with E-state index in [1.807, 2.05) is 0 Å². The molecule has 0 aromatic rings. The summed E-state index contributed by atoms with van der Waals surface area (Å²) < 4.78 is 5.38. The van der Waals surface area contributed by atoms with Gasteiger partial charge in [-0.05, 0) is 25.7 Å². The molecule has 2 aliphatic rings. The van der Waals surface area contributed by atoms with Gasteiger partial charge in [-0.1, -0.05) is 0 Å².